The molecule has 120 valence electrons. The van der Waals surface area contributed by atoms with Crippen LogP contribution in [0.2, 0.25) is 0 Å². The molecule has 0 aliphatic carbocycles. The fourth-order valence-corrected chi connectivity index (χ4v) is 2.40. The first-order valence-corrected chi connectivity index (χ1v) is 8.24. The Morgan fingerprint density at radius 3 is 2.00 bits per heavy atom. The van der Waals surface area contributed by atoms with Gasteiger partial charge in [-0.2, -0.15) is 0 Å². The molecular weight excluding hydrogens is 258 g/mol. The quantitative estimate of drug-likeness (QED) is 0.784. The van der Waals surface area contributed by atoms with Crippen molar-refractivity contribution in [2.75, 3.05) is 18.0 Å². The molecule has 0 aromatic carbocycles. The molecular formula is C18H33N3. The van der Waals surface area contributed by atoms with Crippen molar-refractivity contribution in [3.05, 3.63) is 23.4 Å². The Hall–Kier alpha value is -1.09. The maximum atomic E-state index is 4.84. The van der Waals surface area contributed by atoms with Crippen LogP contribution in [0.1, 0.15) is 52.8 Å². The summed E-state index contributed by atoms with van der Waals surface area (Å²) in [5.41, 5.74) is 2.43. The van der Waals surface area contributed by atoms with E-state index in [1.165, 1.54) is 5.56 Å². The summed E-state index contributed by atoms with van der Waals surface area (Å²) in [4.78, 5) is 7.26. The molecule has 0 fully saturated rings. The number of hydrogen-bond acceptors (Lipinski definition) is 3. The molecule has 0 saturated carbocycles. The minimum absolute atomic E-state index is 0.502. The van der Waals surface area contributed by atoms with E-state index in [4.69, 9.17) is 4.98 Å². The van der Waals surface area contributed by atoms with Gasteiger partial charge in [0.25, 0.3) is 0 Å². The maximum absolute atomic E-state index is 4.84. The lowest BCUT2D eigenvalue weighted by Crippen LogP contribution is -2.32. The van der Waals surface area contributed by atoms with Gasteiger partial charge in [-0.25, -0.2) is 4.98 Å². The van der Waals surface area contributed by atoms with Crippen LogP contribution in [-0.4, -0.2) is 24.1 Å². The Labute approximate surface area is 131 Å². The molecule has 1 N–H and O–H groups in total. The zero-order valence-electron chi connectivity index (χ0n) is 14.9. The highest BCUT2D eigenvalue weighted by Crippen LogP contribution is 2.18. The Bertz CT molecular complexity index is 414. The highest BCUT2D eigenvalue weighted by Gasteiger charge is 2.13. The Morgan fingerprint density at radius 2 is 1.57 bits per heavy atom. The van der Waals surface area contributed by atoms with Gasteiger partial charge >= 0.3 is 0 Å². The monoisotopic (exact) mass is 291 g/mol. The van der Waals surface area contributed by atoms with E-state index >= 15 is 0 Å². The second kappa shape index (κ2) is 8.38. The SMILES string of the molecule is Cc1nc(N(CC(C)C)CC(C)C)ccc1CNC(C)C. The average Bonchev–Trinajstić information content (AvgIpc) is 2.35. The Morgan fingerprint density at radius 1 is 1.00 bits per heavy atom. The van der Waals surface area contributed by atoms with Gasteiger partial charge in [0, 0.05) is 31.4 Å². The highest BCUT2D eigenvalue weighted by atomic mass is 15.2. The summed E-state index contributed by atoms with van der Waals surface area (Å²) in [6, 6.07) is 4.90. The lowest BCUT2D eigenvalue weighted by Gasteiger charge is -2.28. The fourth-order valence-electron chi connectivity index (χ4n) is 2.40. The van der Waals surface area contributed by atoms with Gasteiger partial charge in [-0.1, -0.05) is 47.6 Å². The second-order valence-corrected chi connectivity index (χ2v) is 7.14. The van der Waals surface area contributed by atoms with E-state index in [0.29, 0.717) is 17.9 Å². The molecule has 1 aromatic rings. The third kappa shape index (κ3) is 6.47. The van der Waals surface area contributed by atoms with E-state index in [2.05, 4.69) is 70.8 Å². The number of aryl methyl sites for hydroxylation is 1. The van der Waals surface area contributed by atoms with Gasteiger partial charge in [0.2, 0.25) is 0 Å². The molecule has 21 heavy (non-hydrogen) atoms. The Kier molecular flexibility index (Phi) is 7.16. The summed E-state index contributed by atoms with van der Waals surface area (Å²) in [5.74, 6) is 2.41. The normalized spacial score (nSPS) is 11.7. The van der Waals surface area contributed by atoms with Crippen molar-refractivity contribution in [3.8, 4) is 0 Å². The van der Waals surface area contributed by atoms with Crippen molar-refractivity contribution in [1.82, 2.24) is 10.3 Å². The fraction of sp³-hybridized carbons (Fsp3) is 0.722. The largest absolute Gasteiger partial charge is 0.356 e. The minimum Gasteiger partial charge on any atom is -0.356 e. The van der Waals surface area contributed by atoms with E-state index in [0.717, 1.165) is 31.1 Å². The van der Waals surface area contributed by atoms with Crippen LogP contribution in [0.3, 0.4) is 0 Å². The molecule has 0 bridgehead atoms. The molecule has 0 atom stereocenters. The van der Waals surface area contributed by atoms with Crippen LogP contribution in [0.4, 0.5) is 5.82 Å². The van der Waals surface area contributed by atoms with Gasteiger partial charge < -0.3 is 10.2 Å². The van der Waals surface area contributed by atoms with E-state index in [-0.39, 0.29) is 0 Å². The molecule has 0 radical (unpaired) electrons. The standard InChI is InChI=1S/C18H33N3/c1-13(2)11-21(12-14(3)4)18-9-8-17(16(7)20-18)10-19-15(5)6/h8-9,13-15,19H,10-12H2,1-7H3. The lowest BCUT2D eigenvalue weighted by molar-refractivity contribution is 0.547. The smallest absolute Gasteiger partial charge is 0.128 e. The van der Waals surface area contributed by atoms with Gasteiger partial charge in [0.05, 0.1) is 0 Å². The van der Waals surface area contributed by atoms with Crippen molar-refractivity contribution in [2.24, 2.45) is 11.8 Å². The number of nitrogens with one attached hydrogen (secondary N) is 1. The number of anilines is 1. The molecule has 3 heteroatoms. The minimum atomic E-state index is 0.502. The van der Waals surface area contributed by atoms with Gasteiger partial charge in [0.15, 0.2) is 0 Å². The van der Waals surface area contributed by atoms with Crippen molar-refractivity contribution in [3.63, 3.8) is 0 Å². The number of rotatable bonds is 8. The van der Waals surface area contributed by atoms with E-state index in [1.54, 1.807) is 0 Å². The predicted molar refractivity (Wildman–Crippen MR) is 92.8 cm³/mol. The zero-order valence-corrected chi connectivity index (χ0v) is 14.9. The second-order valence-electron chi connectivity index (χ2n) is 7.14. The third-order valence-electron chi connectivity index (χ3n) is 3.38. The molecule has 1 aromatic heterocycles. The zero-order chi connectivity index (χ0) is 16.0. The first kappa shape index (κ1) is 18.0. The van der Waals surface area contributed by atoms with E-state index in [1.807, 2.05) is 0 Å². The topological polar surface area (TPSA) is 28.2 Å². The number of pyridine rings is 1. The molecule has 0 aliphatic heterocycles. The predicted octanol–water partition coefficient (Wildman–Crippen LogP) is 4.01. The molecule has 3 nitrogen and oxygen atoms in total. The van der Waals surface area contributed by atoms with Gasteiger partial charge in [0.1, 0.15) is 5.82 Å². The summed E-state index contributed by atoms with van der Waals surface area (Å²) in [5, 5.41) is 3.46. The van der Waals surface area contributed by atoms with Crippen molar-refractivity contribution < 1.29 is 0 Å². The maximum Gasteiger partial charge on any atom is 0.128 e. The molecule has 0 saturated heterocycles. The summed E-state index contributed by atoms with van der Waals surface area (Å²) in [6.45, 7) is 18.5. The number of nitrogens with zero attached hydrogens (tertiary/aromatic N) is 2. The molecule has 1 heterocycles. The molecule has 0 amide bonds. The Balaban J connectivity index is 2.86. The highest BCUT2D eigenvalue weighted by molar-refractivity contribution is 5.41. The van der Waals surface area contributed by atoms with Gasteiger partial charge in [-0.15, -0.1) is 0 Å². The average molecular weight is 291 g/mol. The van der Waals surface area contributed by atoms with Gasteiger partial charge in [-0.3, -0.25) is 0 Å². The van der Waals surface area contributed by atoms with Gasteiger partial charge in [-0.05, 0) is 30.4 Å². The molecule has 1 rings (SSSR count). The summed E-state index contributed by atoms with van der Waals surface area (Å²) in [6.07, 6.45) is 0. The van der Waals surface area contributed by atoms with Crippen LogP contribution in [-0.2, 0) is 6.54 Å². The van der Waals surface area contributed by atoms with E-state index < -0.39 is 0 Å². The van der Waals surface area contributed by atoms with Crippen molar-refractivity contribution in [1.29, 1.82) is 0 Å². The summed E-state index contributed by atoms with van der Waals surface area (Å²) >= 11 is 0. The van der Waals surface area contributed by atoms with Crippen LogP contribution in [0.5, 0.6) is 0 Å². The van der Waals surface area contributed by atoms with Crippen molar-refractivity contribution in [2.45, 2.75) is 61.1 Å². The number of hydrogen-bond donors (Lipinski definition) is 1. The summed E-state index contributed by atoms with van der Waals surface area (Å²) in [7, 11) is 0. The number of aromatic nitrogens is 1. The third-order valence-corrected chi connectivity index (χ3v) is 3.38. The van der Waals surface area contributed by atoms with E-state index in [9.17, 15) is 0 Å². The van der Waals surface area contributed by atoms with Crippen LogP contribution in [0.25, 0.3) is 0 Å². The van der Waals surface area contributed by atoms with Crippen LogP contribution in [0.15, 0.2) is 12.1 Å². The van der Waals surface area contributed by atoms with Crippen LogP contribution in [0, 0.1) is 18.8 Å². The molecule has 0 unspecified atom stereocenters. The molecule has 0 aliphatic rings. The first-order chi connectivity index (χ1) is 9.79. The first-order valence-electron chi connectivity index (χ1n) is 8.24. The lowest BCUT2D eigenvalue weighted by atomic mass is 10.1. The van der Waals surface area contributed by atoms with Crippen LogP contribution < -0.4 is 10.2 Å². The van der Waals surface area contributed by atoms with Crippen LogP contribution >= 0.6 is 0 Å². The molecule has 0 spiro atoms. The summed E-state index contributed by atoms with van der Waals surface area (Å²) < 4.78 is 0. The van der Waals surface area contributed by atoms with Crippen molar-refractivity contribution >= 4 is 5.82 Å².